The Labute approximate surface area is 131 Å². The minimum absolute atomic E-state index is 0. The third-order valence-corrected chi connectivity index (χ3v) is 1.96. The fourth-order valence-electron chi connectivity index (χ4n) is 0.236. The molecule has 0 aromatic rings. The number of carboxylic acid groups (broad SMARTS) is 2. The van der Waals surface area contributed by atoms with E-state index in [-0.39, 0.29) is 22.8 Å². The van der Waals surface area contributed by atoms with Crippen LogP contribution in [0.25, 0.3) is 0 Å². The molecule has 22 heavy (non-hydrogen) atoms. The van der Waals surface area contributed by atoms with E-state index in [1.807, 2.05) is 0 Å². The average Bonchev–Trinajstić information content (AvgIpc) is 2.30. The van der Waals surface area contributed by atoms with E-state index in [0.29, 0.717) is 0 Å². The Balaban J connectivity index is -0.0000000637. The topological polar surface area (TPSA) is 196 Å². The molecule has 0 radical (unpaired) electrons. The first kappa shape index (κ1) is 32.6. The second-order valence-corrected chi connectivity index (χ2v) is 4.94. The molecule has 9 nitrogen and oxygen atoms in total. The molecular formula is C13H29O9-3. The van der Waals surface area contributed by atoms with Crippen molar-refractivity contribution in [2.45, 2.75) is 47.5 Å². The molecule has 0 aliphatic carbocycles. The molecule has 0 amide bonds. The molecule has 1 unspecified atom stereocenters. The maximum absolute atomic E-state index is 10.5. The van der Waals surface area contributed by atoms with Crippen LogP contribution in [0.5, 0.6) is 0 Å². The molecule has 5 N–H and O–H groups in total. The maximum Gasteiger partial charge on any atom is 0.0971 e. The van der Waals surface area contributed by atoms with Crippen molar-refractivity contribution in [3.8, 4) is 0 Å². The van der Waals surface area contributed by atoms with Crippen LogP contribution in [-0.2, 0) is 14.3 Å². The fourth-order valence-corrected chi connectivity index (χ4v) is 0.236. The zero-order valence-electron chi connectivity index (χ0n) is 14.1. The highest BCUT2D eigenvalue weighted by molar-refractivity contribution is 5.66. The van der Waals surface area contributed by atoms with Crippen LogP contribution in [0.2, 0.25) is 0 Å². The summed E-state index contributed by atoms with van der Waals surface area (Å²) in [6.07, 6.45) is 0. The van der Waals surface area contributed by atoms with Gasteiger partial charge in [0, 0.05) is 19.0 Å². The number of hydrogen-bond acceptors (Lipinski definition) is 7. The predicted molar refractivity (Wildman–Crippen MR) is 73.7 cm³/mol. The van der Waals surface area contributed by atoms with Gasteiger partial charge in [-0.1, -0.05) is 41.5 Å². The van der Waals surface area contributed by atoms with Crippen LogP contribution >= 0.6 is 0 Å². The molecule has 1 atom stereocenters. The van der Waals surface area contributed by atoms with Gasteiger partial charge in [-0.3, -0.25) is 0 Å². The highest BCUT2D eigenvalue weighted by Crippen LogP contribution is 2.08. The molecule has 0 aliphatic heterocycles. The summed E-state index contributed by atoms with van der Waals surface area (Å²) < 4.78 is 4.20. The lowest BCUT2D eigenvalue weighted by atomic mass is 10.2. The number of methoxy groups -OCH3 is 1. The van der Waals surface area contributed by atoms with Gasteiger partial charge in [0.05, 0.1) is 5.97 Å². The van der Waals surface area contributed by atoms with E-state index in [0.717, 1.165) is 0 Å². The summed E-state index contributed by atoms with van der Waals surface area (Å²) in [6.45, 7) is 9.50. The van der Waals surface area contributed by atoms with Crippen LogP contribution in [0.1, 0.15) is 41.5 Å². The molecule has 0 bridgehead atoms. The summed E-state index contributed by atoms with van der Waals surface area (Å²) in [5.74, 6) is -5.28. The summed E-state index contributed by atoms with van der Waals surface area (Å²) >= 11 is 0. The SMILES string of the molecule is CC(C)C(=O)[O-].CC(C)C(=[18O])[18O-].COC(O)([18O-])C(C)C.[18OH2].[18OH2]. The van der Waals surface area contributed by atoms with Crippen molar-refractivity contribution in [2.75, 3.05) is 7.11 Å². The lowest BCUT2D eigenvalue weighted by Gasteiger charge is -2.36. The third-order valence-electron chi connectivity index (χ3n) is 1.96. The number of carbonyl (C=O) groups is 2. The molecule has 0 rings (SSSR count). The third kappa shape index (κ3) is 23.8. The maximum atomic E-state index is 10.5. The average molecular weight is 339 g/mol. The number of aliphatic hydroxyl groups is 1. The van der Waals surface area contributed by atoms with E-state index >= 15 is 0 Å². The molecule has 0 heterocycles. The van der Waals surface area contributed by atoms with Gasteiger partial charge in [-0.15, -0.1) is 0 Å². The fraction of sp³-hybridized carbons (Fsp3) is 0.846. The second kappa shape index (κ2) is 16.1. The first-order valence-electron chi connectivity index (χ1n) is 6.19. The van der Waals surface area contributed by atoms with E-state index in [2.05, 4.69) is 4.74 Å². The monoisotopic (exact) mass is 339 g/mol. The first-order chi connectivity index (χ1) is 8.79. The van der Waals surface area contributed by atoms with Gasteiger partial charge in [0.1, 0.15) is 0 Å². The van der Waals surface area contributed by atoms with E-state index < -0.39 is 23.8 Å². The van der Waals surface area contributed by atoms with E-state index in [4.69, 9.17) is 5.11 Å². The van der Waals surface area contributed by atoms with Crippen LogP contribution in [0.4, 0.5) is 0 Å². The van der Waals surface area contributed by atoms with E-state index in [1.54, 1.807) is 41.5 Å². The van der Waals surface area contributed by atoms with Crippen LogP contribution in [0.3, 0.4) is 0 Å². The normalized spacial score (nSPS) is 11.8. The van der Waals surface area contributed by atoms with Gasteiger partial charge in [-0.25, -0.2) is 0 Å². The van der Waals surface area contributed by atoms with Crippen molar-refractivity contribution in [1.29, 1.82) is 0 Å². The zero-order chi connectivity index (χ0) is 17.1. The van der Waals surface area contributed by atoms with Gasteiger partial charge < -0.3 is 45.7 Å². The summed E-state index contributed by atoms with van der Waals surface area (Å²) in [4.78, 5) is 19.2. The van der Waals surface area contributed by atoms with Crippen molar-refractivity contribution in [3.05, 3.63) is 0 Å². The Morgan fingerprint density at radius 2 is 1.36 bits per heavy atom. The Morgan fingerprint density at radius 3 is 1.36 bits per heavy atom. The Kier molecular flexibility index (Phi) is 23.9. The number of hydrogen-bond donors (Lipinski definition) is 1. The first-order valence-corrected chi connectivity index (χ1v) is 6.19. The molecule has 0 saturated carbocycles. The summed E-state index contributed by atoms with van der Waals surface area (Å²) in [7, 11) is 1.19. The van der Waals surface area contributed by atoms with Gasteiger partial charge in [-0.05, 0) is 17.8 Å². The summed E-state index contributed by atoms with van der Waals surface area (Å²) in [6, 6.07) is 0. The van der Waals surface area contributed by atoms with Crippen molar-refractivity contribution in [1.82, 2.24) is 0 Å². The van der Waals surface area contributed by atoms with Crippen LogP contribution in [0, 0.1) is 17.8 Å². The van der Waals surface area contributed by atoms with Gasteiger partial charge >= 0.3 is 0 Å². The molecule has 0 fully saturated rings. The molecule has 0 aliphatic rings. The molecule has 0 saturated heterocycles. The number of carbonyl (C=O) groups excluding carboxylic acids is 2. The molecule has 0 spiro atoms. The largest absolute Gasteiger partial charge is 0.807 e. The summed E-state index contributed by atoms with van der Waals surface area (Å²) in [5.41, 5.74) is 0. The smallest absolute Gasteiger partial charge is 0.0971 e. The van der Waals surface area contributed by atoms with Crippen LogP contribution in [0.15, 0.2) is 0 Å². The van der Waals surface area contributed by atoms with Crippen molar-refractivity contribution < 1.29 is 45.7 Å². The number of ether oxygens (including phenoxy) is 1. The van der Waals surface area contributed by atoms with E-state index in [9.17, 15) is 24.9 Å². The van der Waals surface area contributed by atoms with Crippen molar-refractivity contribution >= 4 is 11.9 Å². The highest BCUT2D eigenvalue weighted by Gasteiger charge is 2.14. The van der Waals surface area contributed by atoms with Crippen LogP contribution < -0.4 is 15.3 Å². The Bertz CT molecular complexity index is 255. The van der Waals surface area contributed by atoms with Crippen LogP contribution in [-0.4, -0.2) is 41.1 Å². The van der Waals surface area contributed by atoms with Crippen molar-refractivity contribution in [2.24, 2.45) is 17.8 Å². The lowest BCUT2D eigenvalue weighted by Crippen LogP contribution is -2.50. The minimum Gasteiger partial charge on any atom is -0.807 e. The molecule has 9 heteroatoms. The Morgan fingerprint density at radius 1 is 1.14 bits per heavy atom. The van der Waals surface area contributed by atoms with Gasteiger partial charge in [-0.2, -0.15) is 0 Å². The Hall–Kier alpha value is -1.26. The van der Waals surface area contributed by atoms with Gasteiger partial charge in [0.15, 0.2) is 0 Å². The lowest BCUT2D eigenvalue weighted by molar-refractivity contribution is -0.635. The van der Waals surface area contributed by atoms with E-state index in [1.165, 1.54) is 7.11 Å². The molecular weight excluding hydrogens is 310 g/mol. The van der Waals surface area contributed by atoms with Crippen molar-refractivity contribution in [3.63, 3.8) is 0 Å². The molecule has 0 aromatic heterocycles. The second-order valence-electron chi connectivity index (χ2n) is 4.94. The zero-order valence-corrected chi connectivity index (χ0v) is 14.1. The number of rotatable bonds is 4. The van der Waals surface area contributed by atoms with Gasteiger partial charge in [0.25, 0.3) is 0 Å². The number of carboxylic acids is 2. The summed E-state index contributed by atoms with van der Waals surface area (Å²) in [5, 5.41) is 38.3. The predicted octanol–water partition coefficient (Wildman–Crippen LogP) is -3.57. The molecule has 0 aromatic carbocycles. The molecule has 138 valence electrons. The van der Waals surface area contributed by atoms with Gasteiger partial charge in [0.2, 0.25) is 0 Å². The highest BCUT2D eigenvalue weighted by atomic mass is 18.2. The standard InChI is InChI=1S/C5H11O3.2C4H8O2.2H2O/c1-4(2)5(6,7)8-3;2*1-3(2)4(5)6;;/h4,6H,1-3H3;2*3H,1-2H3,(H,5,6);2*1H2/q-1;;;;/p-2/i7+2;5+2,6+2;;2*1+2. The quantitative estimate of drug-likeness (QED) is 0.403. The number of aliphatic carboxylic acids is 2. The minimum atomic E-state index is -2.21.